The molecule has 1 aromatic rings. The van der Waals surface area contributed by atoms with Crippen molar-refractivity contribution in [2.24, 2.45) is 0 Å². The van der Waals surface area contributed by atoms with Gasteiger partial charge in [0.2, 0.25) is 0 Å². The Bertz CT molecular complexity index is 596. The number of rotatable bonds is 13. The molecule has 0 unspecified atom stereocenters. The number of halogens is 2. The minimum Gasteiger partial charge on any atom is -0.461 e. The average Bonchev–Trinajstić information content (AvgIpc) is 2.67. The van der Waals surface area contributed by atoms with E-state index >= 15 is 0 Å². The molecule has 150 valence electrons. The van der Waals surface area contributed by atoms with Crippen LogP contribution < -0.4 is 0 Å². The molecule has 0 fully saturated rings. The van der Waals surface area contributed by atoms with E-state index in [0.29, 0.717) is 12.2 Å². The molecule has 1 aromatic carbocycles. The molecule has 0 saturated carbocycles. The highest BCUT2D eigenvalue weighted by Crippen LogP contribution is 2.22. The number of ether oxygens (including phenoxy) is 3. The second-order valence-electron chi connectivity index (χ2n) is 6.15. The van der Waals surface area contributed by atoms with Crippen molar-refractivity contribution in [1.29, 1.82) is 0 Å². The van der Waals surface area contributed by atoms with Crippen LogP contribution in [0, 0.1) is 11.8 Å². The first-order valence-corrected chi connectivity index (χ1v) is 9.53. The van der Waals surface area contributed by atoms with Crippen molar-refractivity contribution in [1.82, 2.24) is 0 Å². The zero-order chi connectivity index (χ0) is 19.7. The third kappa shape index (κ3) is 10.7. The van der Waals surface area contributed by atoms with Gasteiger partial charge in [-0.15, -0.1) is 0 Å². The Kier molecular flexibility index (Phi) is 13.0. The zero-order valence-electron chi connectivity index (χ0n) is 16.4. The maximum Gasteiger partial charge on any atom is 0.312 e. The maximum atomic E-state index is 13.1. The standard InChI is InChI=1S/C22H30F2O3/c1-3-4-5-6-7-8-9-10-11-19-12-14-20(15-13-19)21(22(23)24)27-18-26-17-16-25-2/h12-15H,3-9,16-18H2,1-2H3. The van der Waals surface area contributed by atoms with Crippen molar-refractivity contribution in [3.63, 3.8) is 0 Å². The highest BCUT2D eigenvalue weighted by atomic mass is 19.3. The molecule has 0 spiro atoms. The molecule has 3 nitrogen and oxygen atoms in total. The van der Waals surface area contributed by atoms with Crippen molar-refractivity contribution < 1.29 is 23.0 Å². The molecule has 0 aromatic heterocycles. The van der Waals surface area contributed by atoms with Crippen LogP contribution in [-0.4, -0.2) is 27.1 Å². The van der Waals surface area contributed by atoms with Crippen LogP contribution in [0.25, 0.3) is 5.76 Å². The van der Waals surface area contributed by atoms with Gasteiger partial charge in [-0.25, -0.2) is 0 Å². The molecule has 1 rings (SSSR count). The maximum absolute atomic E-state index is 13.1. The summed E-state index contributed by atoms with van der Waals surface area (Å²) in [7, 11) is 1.54. The van der Waals surface area contributed by atoms with E-state index in [1.807, 2.05) is 0 Å². The van der Waals surface area contributed by atoms with E-state index in [1.54, 1.807) is 24.3 Å². The molecule has 0 bridgehead atoms. The van der Waals surface area contributed by atoms with E-state index < -0.39 is 11.8 Å². The summed E-state index contributed by atoms with van der Waals surface area (Å²) in [5.74, 6) is 5.75. The minimum atomic E-state index is -1.88. The molecular formula is C22H30F2O3. The monoisotopic (exact) mass is 380 g/mol. The predicted molar refractivity (Wildman–Crippen MR) is 104 cm³/mol. The van der Waals surface area contributed by atoms with Gasteiger partial charge in [0.25, 0.3) is 0 Å². The Balaban J connectivity index is 2.44. The normalized spacial score (nSPS) is 10.2. The van der Waals surface area contributed by atoms with Crippen LogP contribution in [0.15, 0.2) is 30.3 Å². The molecule has 27 heavy (non-hydrogen) atoms. The molecule has 0 amide bonds. The van der Waals surface area contributed by atoms with E-state index in [9.17, 15) is 8.78 Å². The summed E-state index contributed by atoms with van der Waals surface area (Å²) >= 11 is 0. The summed E-state index contributed by atoms with van der Waals surface area (Å²) in [5.41, 5.74) is 1.10. The lowest BCUT2D eigenvalue weighted by molar-refractivity contribution is -0.0236. The fourth-order valence-corrected chi connectivity index (χ4v) is 2.41. The summed E-state index contributed by atoms with van der Waals surface area (Å²) in [6, 6.07) is 6.61. The zero-order valence-corrected chi connectivity index (χ0v) is 16.4. The van der Waals surface area contributed by atoms with Crippen LogP contribution >= 0.6 is 0 Å². The van der Waals surface area contributed by atoms with Crippen molar-refractivity contribution in [2.75, 3.05) is 27.1 Å². The molecule has 0 atom stereocenters. The van der Waals surface area contributed by atoms with Crippen molar-refractivity contribution in [3.05, 3.63) is 41.5 Å². The summed E-state index contributed by atoms with van der Waals surface area (Å²) in [6.45, 7) is 2.62. The fraction of sp³-hybridized carbons (Fsp3) is 0.545. The highest BCUT2D eigenvalue weighted by molar-refractivity contribution is 5.61. The lowest BCUT2D eigenvalue weighted by atomic mass is 10.1. The van der Waals surface area contributed by atoms with Crippen LogP contribution in [0.3, 0.4) is 0 Å². The topological polar surface area (TPSA) is 27.7 Å². The third-order valence-electron chi connectivity index (χ3n) is 3.93. The molecule has 0 saturated heterocycles. The number of hydrogen-bond donors (Lipinski definition) is 0. The highest BCUT2D eigenvalue weighted by Gasteiger charge is 2.11. The summed E-state index contributed by atoms with van der Waals surface area (Å²) in [5, 5.41) is 0. The Morgan fingerprint density at radius 2 is 1.67 bits per heavy atom. The second kappa shape index (κ2) is 15.2. The summed E-state index contributed by atoms with van der Waals surface area (Å²) in [6.07, 6.45) is 6.41. The van der Waals surface area contributed by atoms with E-state index in [0.717, 1.165) is 18.4 Å². The van der Waals surface area contributed by atoms with Crippen LogP contribution in [0.1, 0.15) is 63.0 Å². The molecular weight excluding hydrogens is 350 g/mol. The number of unbranched alkanes of at least 4 members (excludes halogenated alkanes) is 6. The molecule has 0 aliphatic carbocycles. The molecule has 5 heteroatoms. The quantitative estimate of drug-likeness (QED) is 0.182. The average molecular weight is 380 g/mol. The molecule has 0 aliphatic rings. The van der Waals surface area contributed by atoms with Crippen molar-refractivity contribution in [2.45, 2.75) is 51.9 Å². The Hall–Kier alpha value is -1.90. The van der Waals surface area contributed by atoms with Gasteiger partial charge in [-0.2, -0.15) is 8.78 Å². The second-order valence-corrected chi connectivity index (χ2v) is 6.15. The van der Waals surface area contributed by atoms with Gasteiger partial charge in [0.1, 0.15) is 0 Å². The van der Waals surface area contributed by atoms with Gasteiger partial charge in [-0.05, 0) is 30.7 Å². The van der Waals surface area contributed by atoms with Gasteiger partial charge < -0.3 is 14.2 Å². The van der Waals surface area contributed by atoms with E-state index in [1.165, 1.54) is 39.2 Å². The lowest BCUT2D eigenvalue weighted by Gasteiger charge is -2.10. The van der Waals surface area contributed by atoms with Crippen molar-refractivity contribution >= 4 is 5.76 Å². The predicted octanol–water partition coefficient (Wildman–Crippen LogP) is 5.99. The number of benzene rings is 1. The van der Waals surface area contributed by atoms with E-state index in [-0.39, 0.29) is 13.4 Å². The SMILES string of the molecule is CCCCCCCCC#Cc1ccc(C(OCOCCOC)=C(F)F)cc1. The Morgan fingerprint density at radius 3 is 2.33 bits per heavy atom. The Morgan fingerprint density at radius 1 is 0.963 bits per heavy atom. The van der Waals surface area contributed by atoms with Crippen LogP contribution in [0.5, 0.6) is 0 Å². The summed E-state index contributed by atoms with van der Waals surface area (Å²) < 4.78 is 41.1. The third-order valence-corrected chi connectivity index (χ3v) is 3.93. The van der Waals surface area contributed by atoms with Crippen LogP contribution in [-0.2, 0) is 14.2 Å². The van der Waals surface area contributed by atoms with Gasteiger partial charge >= 0.3 is 6.08 Å². The van der Waals surface area contributed by atoms with Gasteiger partial charge in [0, 0.05) is 24.7 Å². The lowest BCUT2D eigenvalue weighted by Crippen LogP contribution is -2.06. The van der Waals surface area contributed by atoms with E-state index in [4.69, 9.17) is 14.2 Å². The largest absolute Gasteiger partial charge is 0.461 e. The van der Waals surface area contributed by atoms with Gasteiger partial charge in [0.15, 0.2) is 12.6 Å². The minimum absolute atomic E-state index is 0.254. The molecule has 0 aliphatic heterocycles. The first-order valence-electron chi connectivity index (χ1n) is 9.53. The molecule has 0 N–H and O–H groups in total. The van der Waals surface area contributed by atoms with Crippen LogP contribution in [0.4, 0.5) is 8.78 Å². The van der Waals surface area contributed by atoms with Gasteiger partial charge in [0.05, 0.1) is 13.2 Å². The first-order chi connectivity index (χ1) is 13.2. The number of methoxy groups -OCH3 is 1. The molecule has 0 radical (unpaired) electrons. The smallest absolute Gasteiger partial charge is 0.312 e. The van der Waals surface area contributed by atoms with Gasteiger partial charge in [-0.3, -0.25) is 0 Å². The number of hydrogen-bond acceptors (Lipinski definition) is 3. The van der Waals surface area contributed by atoms with Crippen molar-refractivity contribution in [3.8, 4) is 11.8 Å². The Labute approximate surface area is 161 Å². The summed E-state index contributed by atoms with van der Waals surface area (Å²) in [4.78, 5) is 0. The fourth-order valence-electron chi connectivity index (χ4n) is 2.41. The first kappa shape index (κ1) is 23.1. The van der Waals surface area contributed by atoms with Gasteiger partial charge in [-0.1, -0.05) is 50.9 Å². The molecule has 0 heterocycles. The van der Waals surface area contributed by atoms with Crippen LogP contribution in [0.2, 0.25) is 0 Å². The van der Waals surface area contributed by atoms with E-state index in [2.05, 4.69) is 18.8 Å².